The van der Waals surface area contributed by atoms with Gasteiger partial charge in [0.05, 0.1) is 7.11 Å². The minimum absolute atomic E-state index is 0.136. The molecule has 7 heteroatoms. The molecule has 1 aromatic rings. The van der Waals surface area contributed by atoms with E-state index >= 15 is 0 Å². The lowest BCUT2D eigenvalue weighted by atomic mass is 10.2. The Morgan fingerprint density at radius 1 is 1.42 bits per heavy atom. The van der Waals surface area contributed by atoms with Crippen LogP contribution in [0.5, 0.6) is 5.75 Å². The van der Waals surface area contributed by atoms with Crippen molar-refractivity contribution in [1.82, 2.24) is 0 Å². The standard InChI is InChI=1S/C12H15F2NO3S/c1-17-11(16)9(15)7-19-6-8-4-2-3-5-10(8)18-12(13)14/h2-5,9,12H,6-7,15H2,1H3. The maximum Gasteiger partial charge on any atom is 0.387 e. The average Bonchev–Trinajstić information content (AvgIpc) is 2.39. The average molecular weight is 291 g/mol. The van der Waals surface area contributed by atoms with Gasteiger partial charge in [-0.1, -0.05) is 18.2 Å². The van der Waals surface area contributed by atoms with Crippen molar-refractivity contribution >= 4 is 17.7 Å². The van der Waals surface area contributed by atoms with Crippen LogP contribution in [-0.4, -0.2) is 31.5 Å². The number of hydrogen-bond acceptors (Lipinski definition) is 5. The van der Waals surface area contributed by atoms with E-state index in [1.54, 1.807) is 18.2 Å². The first-order valence-corrected chi connectivity index (χ1v) is 6.64. The number of hydrogen-bond donors (Lipinski definition) is 1. The van der Waals surface area contributed by atoms with Gasteiger partial charge in [0, 0.05) is 17.1 Å². The zero-order valence-electron chi connectivity index (χ0n) is 10.3. The van der Waals surface area contributed by atoms with Crippen molar-refractivity contribution in [2.24, 2.45) is 5.73 Å². The third-order valence-electron chi connectivity index (χ3n) is 2.25. The number of carbonyl (C=O) groups is 1. The number of halogens is 2. The van der Waals surface area contributed by atoms with Gasteiger partial charge in [-0.15, -0.1) is 0 Å². The normalized spacial score (nSPS) is 12.3. The van der Waals surface area contributed by atoms with Crippen molar-refractivity contribution in [2.45, 2.75) is 18.4 Å². The molecule has 0 amide bonds. The number of carbonyl (C=O) groups excluding carboxylic acids is 1. The van der Waals surface area contributed by atoms with Crippen molar-refractivity contribution in [3.05, 3.63) is 29.8 Å². The van der Waals surface area contributed by atoms with E-state index in [9.17, 15) is 13.6 Å². The van der Waals surface area contributed by atoms with Crippen LogP contribution in [0.2, 0.25) is 0 Å². The summed E-state index contributed by atoms with van der Waals surface area (Å²) < 4.78 is 33.3. The summed E-state index contributed by atoms with van der Waals surface area (Å²) in [5.41, 5.74) is 6.19. The number of alkyl halides is 2. The number of nitrogens with two attached hydrogens (primary N) is 1. The van der Waals surface area contributed by atoms with Gasteiger partial charge in [-0.25, -0.2) is 0 Å². The van der Waals surface area contributed by atoms with Gasteiger partial charge in [0.15, 0.2) is 0 Å². The maximum atomic E-state index is 12.2. The van der Waals surface area contributed by atoms with E-state index in [0.717, 1.165) is 0 Å². The second-order valence-corrected chi connectivity index (χ2v) is 4.66. The number of para-hydroxylation sites is 1. The fourth-order valence-corrected chi connectivity index (χ4v) is 2.32. The quantitative estimate of drug-likeness (QED) is 0.779. The predicted molar refractivity (Wildman–Crippen MR) is 69.2 cm³/mol. The Kier molecular flexibility index (Phi) is 6.58. The Morgan fingerprint density at radius 3 is 2.74 bits per heavy atom. The first-order valence-electron chi connectivity index (χ1n) is 5.48. The largest absolute Gasteiger partial charge is 0.468 e. The van der Waals surface area contributed by atoms with Gasteiger partial charge < -0.3 is 15.2 Å². The molecule has 1 unspecified atom stereocenters. The molecule has 0 heterocycles. The molecule has 0 aliphatic carbocycles. The van der Waals surface area contributed by atoms with Crippen molar-refractivity contribution in [3.63, 3.8) is 0 Å². The number of ether oxygens (including phenoxy) is 2. The molecule has 19 heavy (non-hydrogen) atoms. The molecule has 4 nitrogen and oxygen atoms in total. The molecule has 1 aromatic carbocycles. The molecule has 1 atom stereocenters. The summed E-state index contributed by atoms with van der Waals surface area (Å²) in [6, 6.07) is 5.79. The van der Waals surface area contributed by atoms with E-state index in [0.29, 0.717) is 17.1 Å². The molecule has 106 valence electrons. The van der Waals surface area contributed by atoms with Crippen LogP contribution >= 0.6 is 11.8 Å². The van der Waals surface area contributed by atoms with Crippen LogP contribution in [0.4, 0.5) is 8.78 Å². The van der Waals surface area contributed by atoms with Crippen LogP contribution < -0.4 is 10.5 Å². The zero-order chi connectivity index (χ0) is 14.3. The topological polar surface area (TPSA) is 61.5 Å². The molecule has 0 spiro atoms. The third-order valence-corrected chi connectivity index (χ3v) is 3.36. The fraction of sp³-hybridized carbons (Fsp3) is 0.417. The van der Waals surface area contributed by atoms with Crippen LogP contribution in [0.15, 0.2) is 24.3 Å². The first kappa shape index (κ1) is 15.7. The van der Waals surface area contributed by atoms with Crippen LogP contribution in [0.25, 0.3) is 0 Å². The molecular formula is C12H15F2NO3S. The Bertz CT molecular complexity index is 418. The molecule has 0 fully saturated rings. The van der Waals surface area contributed by atoms with Gasteiger partial charge in [0.2, 0.25) is 0 Å². The molecule has 0 bridgehead atoms. The summed E-state index contributed by atoms with van der Waals surface area (Å²) >= 11 is 1.35. The van der Waals surface area contributed by atoms with Gasteiger partial charge in [-0.2, -0.15) is 20.5 Å². The summed E-state index contributed by atoms with van der Waals surface area (Å²) in [4.78, 5) is 11.1. The number of rotatable bonds is 7. The highest BCUT2D eigenvalue weighted by atomic mass is 32.2. The Balaban J connectivity index is 2.51. The molecule has 2 N–H and O–H groups in total. The fourth-order valence-electron chi connectivity index (χ4n) is 1.35. The second-order valence-electron chi connectivity index (χ2n) is 3.63. The predicted octanol–water partition coefficient (Wildman–Crippen LogP) is 2.02. The summed E-state index contributed by atoms with van der Waals surface area (Å²) in [5, 5.41) is 0. The monoisotopic (exact) mass is 291 g/mol. The van der Waals surface area contributed by atoms with Crippen molar-refractivity contribution in [3.8, 4) is 5.75 Å². The Labute approximate surface area is 114 Å². The number of methoxy groups -OCH3 is 1. The van der Waals surface area contributed by atoms with Crippen molar-refractivity contribution in [2.75, 3.05) is 12.9 Å². The molecular weight excluding hydrogens is 276 g/mol. The second kappa shape index (κ2) is 7.96. The molecule has 0 saturated carbocycles. The van der Waals surface area contributed by atoms with Gasteiger partial charge in [0.1, 0.15) is 11.8 Å². The molecule has 0 saturated heterocycles. The summed E-state index contributed by atoms with van der Waals surface area (Å²) in [5.74, 6) is 0.407. The van der Waals surface area contributed by atoms with Gasteiger partial charge in [-0.05, 0) is 6.07 Å². The summed E-state index contributed by atoms with van der Waals surface area (Å²) in [7, 11) is 1.26. The van der Waals surface area contributed by atoms with Crippen LogP contribution in [0.3, 0.4) is 0 Å². The van der Waals surface area contributed by atoms with E-state index in [1.165, 1.54) is 24.9 Å². The van der Waals surface area contributed by atoms with Crippen LogP contribution in [-0.2, 0) is 15.3 Å². The van der Waals surface area contributed by atoms with Crippen molar-refractivity contribution < 1.29 is 23.0 Å². The first-order chi connectivity index (χ1) is 9.04. The van der Waals surface area contributed by atoms with E-state index in [-0.39, 0.29) is 5.75 Å². The lowest BCUT2D eigenvalue weighted by molar-refractivity contribution is -0.141. The lowest BCUT2D eigenvalue weighted by Crippen LogP contribution is -2.33. The molecule has 0 aliphatic heterocycles. The Hall–Kier alpha value is -1.34. The maximum absolute atomic E-state index is 12.2. The molecule has 0 aliphatic rings. The minimum Gasteiger partial charge on any atom is -0.468 e. The van der Waals surface area contributed by atoms with Crippen LogP contribution in [0, 0.1) is 0 Å². The smallest absolute Gasteiger partial charge is 0.387 e. The Morgan fingerprint density at radius 2 is 2.11 bits per heavy atom. The molecule has 0 aromatic heterocycles. The number of thioether (sulfide) groups is 1. The molecule has 0 radical (unpaired) electrons. The number of esters is 1. The van der Waals surface area contributed by atoms with E-state index in [4.69, 9.17) is 5.73 Å². The minimum atomic E-state index is -2.86. The SMILES string of the molecule is COC(=O)C(N)CSCc1ccccc1OC(F)F. The van der Waals surface area contributed by atoms with Crippen molar-refractivity contribution in [1.29, 1.82) is 0 Å². The van der Waals surface area contributed by atoms with E-state index in [1.807, 2.05) is 0 Å². The van der Waals surface area contributed by atoms with Gasteiger partial charge >= 0.3 is 12.6 Å². The summed E-state index contributed by atoms with van der Waals surface area (Å²) in [6.45, 7) is -2.86. The summed E-state index contributed by atoms with van der Waals surface area (Å²) in [6.07, 6.45) is 0. The highest BCUT2D eigenvalue weighted by Gasteiger charge is 2.14. The highest BCUT2D eigenvalue weighted by molar-refractivity contribution is 7.98. The third kappa shape index (κ3) is 5.44. The van der Waals surface area contributed by atoms with Crippen LogP contribution in [0.1, 0.15) is 5.56 Å². The van der Waals surface area contributed by atoms with E-state index < -0.39 is 18.6 Å². The highest BCUT2D eigenvalue weighted by Crippen LogP contribution is 2.24. The zero-order valence-corrected chi connectivity index (χ0v) is 11.2. The lowest BCUT2D eigenvalue weighted by Gasteiger charge is -2.11. The van der Waals surface area contributed by atoms with Gasteiger partial charge in [-0.3, -0.25) is 4.79 Å². The molecule has 1 rings (SSSR count). The van der Waals surface area contributed by atoms with E-state index in [2.05, 4.69) is 9.47 Å². The van der Waals surface area contributed by atoms with Gasteiger partial charge in [0.25, 0.3) is 0 Å². The number of benzene rings is 1.